The number of nitrogens with one attached hydrogen (secondary N) is 3. The minimum Gasteiger partial charge on any atom is -0.342 e. The van der Waals surface area contributed by atoms with Crippen LogP contribution in [0.5, 0.6) is 0 Å². The van der Waals surface area contributed by atoms with Crippen molar-refractivity contribution < 1.29 is 9.59 Å². The molecule has 1 fully saturated rings. The van der Waals surface area contributed by atoms with Gasteiger partial charge < -0.3 is 16.0 Å². The van der Waals surface area contributed by atoms with Crippen LogP contribution in [0.15, 0.2) is 42.7 Å². The second-order valence-corrected chi connectivity index (χ2v) is 4.74. The number of nitrogens with zero attached hydrogens (tertiary/aromatic N) is 2. The van der Waals surface area contributed by atoms with Gasteiger partial charge in [-0.3, -0.25) is 9.59 Å². The molecule has 1 saturated heterocycles. The van der Waals surface area contributed by atoms with Crippen molar-refractivity contribution in [3.63, 3.8) is 0 Å². The molecule has 1 aromatic carbocycles. The Morgan fingerprint density at radius 1 is 1.33 bits per heavy atom. The number of rotatable bonds is 3. The molecule has 7 nitrogen and oxygen atoms in total. The third-order valence-corrected chi connectivity index (χ3v) is 3.19. The number of piperazine rings is 1. The van der Waals surface area contributed by atoms with Crippen molar-refractivity contribution >= 4 is 17.5 Å². The number of carbonyl (C=O) groups is 2. The summed E-state index contributed by atoms with van der Waals surface area (Å²) in [6, 6.07) is 8.62. The number of amides is 2. The van der Waals surface area contributed by atoms with Crippen molar-refractivity contribution in [1.82, 2.24) is 20.4 Å². The summed E-state index contributed by atoms with van der Waals surface area (Å²) in [5.41, 5.74) is 1.58. The highest BCUT2D eigenvalue weighted by Gasteiger charge is 2.24. The molecule has 2 heterocycles. The van der Waals surface area contributed by atoms with Gasteiger partial charge in [0, 0.05) is 24.6 Å². The lowest BCUT2D eigenvalue weighted by atomic mass is 10.2. The molecule has 108 valence electrons. The van der Waals surface area contributed by atoms with E-state index in [4.69, 9.17) is 0 Å². The molecule has 0 radical (unpaired) electrons. The van der Waals surface area contributed by atoms with Crippen LogP contribution in [-0.4, -0.2) is 40.7 Å². The van der Waals surface area contributed by atoms with Crippen LogP contribution in [0.2, 0.25) is 0 Å². The van der Waals surface area contributed by atoms with Crippen molar-refractivity contribution in [3.8, 4) is 5.69 Å². The van der Waals surface area contributed by atoms with E-state index in [0.29, 0.717) is 12.2 Å². The Morgan fingerprint density at radius 3 is 2.81 bits per heavy atom. The first-order chi connectivity index (χ1) is 10.2. The van der Waals surface area contributed by atoms with Crippen LogP contribution in [0.1, 0.15) is 0 Å². The predicted molar refractivity (Wildman–Crippen MR) is 77.0 cm³/mol. The molecule has 0 bridgehead atoms. The first kappa shape index (κ1) is 13.3. The monoisotopic (exact) mass is 285 g/mol. The van der Waals surface area contributed by atoms with Gasteiger partial charge in [-0.05, 0) is 30.3 Å². The van der Waals surface area contributed by atoms with Gasteiger partial charge in [0.15, 0.2) is 0 Å². The number of hydrogen-bond acceptors (Lipinski definition) is 4. The zero-order valence-electron chi connectivity index (χ0n) is 11.2. The van der Waals surface area contributed by atoms with Gasteiger partial charge in [-0.2, -0.15) is 5.10 Å². The maximum atomic E-state index is 12.0. The van der Waals surface area contributed by atoms with Gasteiger partial charge >= 0.3 is 0 Å². The third kappa shape index (κ3) is 3.09. The summed E-state index contributed by atoms with van der Waals surface area (Å²) in [6.45, 7) is 0.686. The fourth-order valence-electron chi connectivity index (χ4n) is 2.13. The summed E-state index contributed by atoms with van der Waals surface area (Å²) < 4.78 is 1.73. The molecule has 3 N–H and O–H groups in total. The number of hydrogen-bond donors (Lipinski definition) is 3. The molecular weight excluding hydrogens is 270 g/mol. The fourth-order valence-corrected chi connectivity index (χ4v) is 2.13. The minimum absolute atomic E-state index is 0.171. The second-order valence-electron chi connectivity index (χ2n) is 4.74. The first-order valence-electron chi connectivity index (χ1n) is 6.63. The number of benzene rings is 1. The van der Waals surface area contributed by atoms with Crippen LogP contribution in [0.3, 0.4) is 0 Å². The Labute approximate surface area is 121 Å². The van der Waals surface area contributed by atoms with Crippen molar-refractivity contribution in [2.75, 3.05) is 18.4 Å². The van der Waals surface area contributed by atoms with Crippen LogP contribution in [0.25, 0.3) is 5.69 Å². The van der Waals surface area contributed by atoms with E-state index in [1.54, 1.807) is 23.0 Å². The molecule has 1 aliphatic rings. The molecule has 0 aliphatic carbocycles. The van der Waals surface area contributed by atoms with Crippen LogP contribution in [0.4, 0.5) is 5.69 Å². The Morgan fingerprint density at radius 2 is 2.14 bits per heavy atom. The third-order valence-electron chi connectivity index (χ3n) is 3.19. The topological polar surface area (TPSA) is 88.1 Å². The Hall–Kier alpha value is -2.67. The van der Waals surface area contributed by atoms with E-state index in [0.717, 1.165) is 5.69 Å². The molecule has 3 rings (SSSR count). The molecule has 2 amide bonds. The number of carbonyl (C=O) groups excluding carboxylic acids is 2. The highest BCUT2D eigenvalue weighted by atomic mass is 16.2. The Kier molecular flexibility index (Phi) is 3.65. The zero-order valence-corrected chi connectivity index (χ0v) is 11.2. The van der Waals surface area contributed by atoms with Crippen molar-refractivity contribution in [2.24, 2.45) is 0 Å². The maximum Gasteiger partial charge on any atom is 0.248 e. The van der Waals surface area contributed by atoms with Gasteiger partial charge in [-0.25, -0.2) is 4.68 Å². The molecule has 1 atom stereocenters. The fraction of sp³-hybridized carbons (Fsp3) is 0.214. The van der Waals surface area contributed by atoms with Gasteiger partial charge in [-0.15, -0.1) is 0 Å². The Balaban J connectivity index is 1.65. The molecule has 21 heavy (non-hydrogen) atoms. The normalized spacial score (nSPS) is 18.1. The SMILES string of the molecule is O=C1CNC[C@@H](C(=O)Nc2ccc(-n3cccn3)cc2)N1. The quantitative estimate of drug-likeness (QED) is 0.735. The summed E-state index contributed by atoms with van der Waals surface area (Å²) in [5, 5.41) is 12.5. The molecule has 1 aromatic heterocycles. The van der Waals surface area contributed by atoms with Crippen LogP contribution < -0.4 is 16.0 Å². The lowest BCUT2D eigenvalue weighted by molar-refractivity contribution is -0.127. The van der Waals surface area contributed by atoms with Crippen LogP contribution in [-0.2, 0) is 9.59 Å². The number of aromatic nitrogens is 2. The standard InChI is InChI=1S/C14H15N5O2/c20-13-9-15-8-12(18-13)14(21)17-10-2-4-11(5-3-10)19-7-1-6-16-19/h1-7,12,15H,8-9H2,(H,17,21)(H,18,20)/t12-/m0/s1. The average molecular weight is 285 g/mol. The molecule has 2 aromatic rings. The second kappa shape index (κ2) is 5.76. The predicted octanol–water partition coefficient (Wildman–Crippen LogP) is -0.101. The smallest absolute Gasteiger partial charge is 0.248 e. The van der Waals surface area contributed by atoms with E-state index in [9.17, 15) is 9.59 Å². The number of anilines is 1. The highest BCUT2D eigenvalue weighted by Crippen LogP contribution is 2.12. The van der Waals surface area contributed by atoms with E-state index < -0.39 is 6.04 Å². The van der Waals surface area contributed by atoms with Crippen molar-refractivity contribution in [3.05, 3.63) is 42.7 Å². The van der Waals surface area contributed by atoms with Crippen LogP contribution >= 0.6 is 0 Å². The highest BCUT2D eigenvalue weighted by molar-refractivity contribution is 5.98. The molecule has 7 heteroatoms. The summed E-state index contributed by atoms with van der Waals surface area (Å²) in [7, 11) is 0. The van der Waals surface area contributed by atoms with Crippen molar-refractivity contribution in [1.29, 1.82) is 0 Å². The van der Waals surface area contributed by atoms with E-state index in [2.05, 4.69) is 21.0 Å². The lowest BCUT2D eigenvalue weighted by Gasteiger charge is -2.23. The zero-order chi connectivity index (χ0) is 14.7. The molecule has 0 spiro atoms. The first-order valence-corrected chi connectivity index (χ1v) is 6.63. The van der Waals surface area contributed by atoms with Gasteiger partial charge in [0.1, 0.15) is 6.04 Å². The van der Waals surface area contributed by atoms with E-state index >= 15 is 0 Å². The van der Waals surface area contributed by atoms with Crippen molar-refractivity contribution in [2.45, 2.75) is 6.04 Å². The van der Waals surface area contributed by atoms with E-state index in [1.807, 2.05) is 24.4 Å². The maximum absolute atomic E-state index is 12.0. The Bertz CT molecular complexity index is 636. The summed E-state index contributed by atoms with van der Waals surface area (Å²) >= 11 is 0. The van der Waals surface area contributed by atoms with Gasteiger partial charge in [0.25, 0.3) is 0 Å². The largest absolute Gasteiger partial charge is 0.342 e. The van der Waals surface area contributed by atoms with E-state index in [-0.39, 0.29) is 18.4 Å². The molecule has 1 aliphatic heterocycles. The lowest BCUT2D eigenvalue weighted by Crippen LogP contribution is -2.57. The summed E-state index contributed by atoms with van der Waals surface area (Å²) in [5.74, 6) is -0.405. The molecule has 0 saturated carbocycles. The average Bonchev–Trinajstić information content (AvgIpc) is 3.02. The van der Waals surface area contributed by atoms with E-state index in [1.165, 1.54) is 0 Å². The summed E-state index contributed by atoms with van der Waals surface area (Å²) in [6.07, 6.45) is 3.55. The van der Waals surface area contributed by atoms with Gasteiger partial charge in [0.2, 0.25) is 11.8 Å². The molecular formula is C14H15N5O2. The van der Waals surface area contributed by atoms with Gasteiger partial charge in [-0.1, -0.05) is 0 Å². The summed E-state index contributed by atoms with van der Waals surface area (Å²) in [4.78, 5) is 23.3. The van der Waals surface area contributed by atoms with Gasteiger partial charge in [0.05, 0.1) is 12.2 Å². The minimum atomic E-state index is -0.544. The molecule has 0 unspecified atom stereocenters. The van der Waals surface area contributed by atoms with Crippen LogP contribution in [0, 0.1) is 0 Å².